The molecule has 0 aliphatic rings. The molecule has 28 heavy (non-hydrogen) atoms. The third-order valence-electron chi connectivity index (χ3n) is 4.91. The monoisotopic (exact) mass is 400 g/mol. The van der Waals surface area contributed by atoms with Crippen LogP contribution in [0.5, 0.6) is 0 Å². The molecular formula is C23H38F2O3. The fourth-order valence-corrected chi connectivity index (χ4v) is 3.61. The lowest BCUT2D eigenvalue weighted by Gasteiger charge is -2.39. The van der Waals surface area contributed by atoms with Crippen molar-refractivity contribution >= 4 is 0 Å². The topological polar surface area (TPSA) is 27.7 Å². The second-order valence-corrected chi connectivity index (χ2v) is 7.11. The van der Waals surface area contributed by atoms with Crippen LogP contribution in [-0.4, -0.2) is 25.8 Å². The molecule has 0 spiro atoms. The van der Waals surface area contributed by atoms with Gasteiger partial charge in [0.25, 0.3) is 5.97 Å². The second kappa shape index (κ2) is 14.0. The zero-order valence-electron chi connectivity index (χ0n) is 18.1. The molecule has 0 radical (unpaired) electrons. The number of hydrogen-bond acceptors (Lipinski definition) is 3. The van der Waals surface area contributed by atoms with Gasteiger partial charge in [0.05, 0.1) is 0 Å². The highest BCUT2D eigenvalue weighted by Gasteiger charge is 2.41. The molecule has 0 N–H and O–H groups in total. The minimum absolute atomic E-state index is 0.108. The highest BCUT2D eigenvalue weighted by atomic mass is 19.2. The maximum absolute atomic E-state index is 13.7. The van der Waals surface area contributed by atoms with E-state index in [0.717, 1.165) is 24.8 Å². The summed E-state index contributed by atoms with van der Waals surface area (Å²) >= 11 is 0. The van der Waals surface area contributed by atoms with Crippen molar-refractivity contribution < 1.29 is 23.0 Å². The first-order valence-corrected chi connectivity index (χ1v) is 10.9. The van der Waals surface area contributed by atoms with Gasteiger partial charge in [-0.3, -0.25) is 0 Å². The van der Waals surface area contributed by atoms with Crippen molar-refractivity contribution in [3.05, 3.63) is 35.4 Å². The third kappa shape index (κ3) is 8.14. The van der Waals surface area contributed by atoms with Crippen molar-refractivity contribution in [2.24, 2.45) is 5.92 Å². The van der Waals surface area contributed by atoms with Gasteiger partial charge in [0.15, 0.2) is 11.6 Å². The minimum Gasteiger partial charge on any atom is -0.328 e. The number of rotatable bonds is 16. The summed E-state index contributed by atoms with van der Waals surface area (Å²) in [7, 11) is 0. The van der Waals surface area contributed by atoms with Crippen LogP contribution in [-0.2, 0) is 20.6 Å². The Labute approximate surface area is 169 Å². The maximum atomic E-state index is 13.7. The van der Waals surface area contributed by atoms with E-state index in [-0.39, 0.29) is 5.92 Å². The van der Waals surface area contributed by atoms with Crippen LogP contribution in [0.1, 0.15) is 78.2 Å². The van der Waals surface area contributed by atoms with E-state index >= 15 is 0 Å². The van der Waals surface area contributed by atoms with Gasteiger partial charge >= 0.3 is 0 Å². The molecule has 0 saturated heterocycles. The van der Waals surface area contributed by atoms with Crippen LogP contribution in [0.25, 0.3) is 0 Å². The molecule has 1 unspecified atom stereocenters. The Hall–Kier alpha value is -1.04. The molecule has 0 amide bonds. The molecule has 162 valence electrons. The van der Waals surface area contributed by atoms with Crippen molar-refractivity contribution in [2.45, 2.75) is 85.0 Å². The molecule has 1 aromatic carbocycles. The summed E-state index contributed by atoms with van der Waals surface area (Å²) < 4.78 is 45.0. The Bertz CT molecular complexity index is 520. The second-order valence-electron chi connectivity index (χ2n) is 7.11. The minimum atomic E-state index is -1.16. The Kier molecular flexibility index (Phi) is 12.5. The SMILES string of the molecule is CCCCCCCCC(Cc1ccc(F)c(F)c1)C(OCC)(OCC)OCC. The summed E-state index contributed by atoms with van der Waals surface area (Å²) in [4.78, 5) is 0. The molecule has 0 fully saturated rings. The van der Waals surface area contributed by atoms with Crippen molar-refractivity contribution in [3.63, 3.8) is 0 Å². The summed E-state index contributed by atoms with van der Waals surface area (Å²) in [5, 5.41) is 0. The standard InChI is InChI=1S/C23H38F2O3/c1-5-9-10-11-12-13-14-20(17-19-15-16-21(24)22(25)18-19)23(26-6-2,27-7-3)28-8-4/h15-16,18,20H,5-14,17H2,1-4H3. The van der Waals surface area contributed by atoms with E-state index in [1.165, 1.54) is 37.8 Å². The average molecular weight is 401 g/mol. The normalized spacial score (nSPS) is 13.1. The van der Waals surface area contributed by atoms with Crippen molar-refractivity contribution in [2.75, 3.05) is 19.8 Å². The Morgan fingerprint density at radius 1 is 0.786 bits per heavy atom. The molecule has 0 bridgehead atoms. The molecule has 0 heterocycles. The maximum Gasteiger partial charge on any atom is 0.286 e. The molecule has 1 rings (SSSR count). The molecule has 0 aliphatic heterocycles. The first-order valence-electron chi connectivity index (χ1n) is 10.9. The molecule has 0 aromatic heterocycles. The number of halogens is 2. The van der Waals surface area contributed by atoms with Crippen LogP contribution in [0.15, 0.2) is 18.2 Å². The molecule has 3 nitrogen and oxygen atoms in total. The van der Waals surface area contributed by atoms with Crippen molar-refractivity contribution in [1.82, 2.24) is 0 Å². The molecule has 0 aliphatic carbocycles. The van der Waals surface area contributed by atoms with E-state index in [0.29, 0.717) is 26.2 Å². The summed E-state index contributed by atoms with van der Waals surface area (Å²) in [6.07, 6.45) is 8.44. The van der Waals surface area contributed by atoms with Gasteiger partial charge in [0.1, 0.15) is 0 Å². The van der Waals surface area contributed by atoms with E-state index in [1.807, 2.05) is 20.8 Å². The lowest BCUT2D eigenvalue weighted by atomic mass is 9.90. The van der Waals surface area contributed by atoms with Crippen LogP contribution in [0.2, 0.25) is 0 Å². The van der Waals surface area contributed by atoms with E-state index < -0.39 is 17.6 Å². The summed E-state index contributed by atoms with van der Waals surface area (Å²) in [5.41, 5.74) is 0.721. The Morgan fingerprint density at radius 2 is 1.36 bits per heavy atom. The molecular weight excluding hydrogens is 362 g/mol. The first-order chi connectivity index (χ1) is 13.5. The number of benzene rings is 1. The van der Waals surface area contributed by atoms with Crippen LogP contribution < -0.4 is 0 Å². The van der Waals surface area contributed by atoms with Crippen LogP contribution in [0, 0.1) is 17.6 Å². The molecule has 0 saturated carbocycles. The van der Waals surface area contributed by atoms with Gasteiger partial charge in [0, 0.05) is 25.7 Å². The van der Waals surface area contributed by atoms with Crippen molar-refractivity contribution in [3.8, 4) is 0 Å². The number of hydrogen-bond donors (Lipinski definition) is 0. The highest BCUT2D eigenvalue weighted by Crippen LogP contribution is 2.33. The van der Waals surface area contributed by atoms with Gasteiger partial charge in [-0.05, 0) is 51.3 Å². The lowest BCUT2D eigenvalue weighted by molar-refractivity contribution is -0.402. The fraction of sp³-hybridized carbons (Fsp3) is 0.739. The van der Waals surface area contributed by atoms with Gasteiger partial charge in [-0.1, -0.05) is 51.5 Å². The summed E-state index contributed by atoms with van der Waals surface area (Å²) in [5.74, 6) is -2.93. The van der Waals surface area contributed by atoms with Crippen LogP contribution in [0.4, 0.5) is 8.78 Å². The van der Waals surface area contributed by atoms with Gasteiger partial charge in [-0.2, -0.15) is 0 Å². The Balaban J connectivity index is 2.96. The van der Waals surface area contributed by atoms with Gasteiger partial charge in [-0.25, -0.2) is 8.78 Å². The van der Waals surface area contributed by atoms with Crippen LogP contribution >= 0.6 is 0 Å². The van der Waals surface area contributed by atoms with E-state index in [9.17, 15) is 8.78 Å². The van der Waals surface area contributed by atoms with E-state index in [2.05, 4.69) is 6.92 Å². The zero-order chi connectivity index (χ0) is 20.8. The largest absolute Gasteiger partial charge is 0.328 e. The highest BCUT2D eigenvalue weighted by molar-refractivity contribution is 5.18. The summed E-state index contributed by atoms with van der Waals surface area (Å²) in [6.45, 7) is 9.28. The lowest BCUT2D eigenvalue weighted by Crippen LogP contribution is -2.47. The smallest absolute Gasteiger partial charge is 0.286 e. The Morgan fingerprint density at radius 3 is 1.89 bits per heavy atom. The summed E-state index contributed by atoms with van der Waals surface area (Å²) in [6, 6.07) is 4.07. The zero-order valence-corrected chi connectivity index (χ0v) is 18.1. The number of ether oxygens (including phenoxy) is 3. The quantitative estimate of drug-likeness (QED) is 0.230. The van der Waals surface area contributed by atoms with E-state index in [4.69, 9.17) is 14.2 Å². The van der Waals surface area contributed by atoms with Crippen LogP contribution in [0.3, 0.4) is 0 Å². The molecule has 1 atom stereocenters. The van der Waals surface area contributed by atoms with Gasteiger partial charge in [-0.15, -0.1) is 0 Å². The number of unbranched alkanes of at least 4 members (excludes halogenated alkanes) is 5. The van der Waals surface area contributed by atoms with Crippen molar-refractivity contribution in [1.29, 1.82) is 0 Å². The van der Waals surface area contributed by atoms with E-state index in [1.54, 1.807) is 6.07 Å². The van der Waals surface area contributed by atoms with Gasteiger partial charge in [0.2, 0.25) is 0 Å². The molecule has 5 heteroatoms. The predicted octanol–water partition coefficient (Wildman–Crippen LogP) is 6.64. The van der Waals surface area contributed by atoms with Gasteiger partial charge < -0.3 is 14.2 Å². The third-order valence-corrected chi connectivity index (χ3v) is 4.91. The fourth-order valence-electron chi connectivity index (χ4n) is 3.61. The first kappa shape index (κ1) is 25.0. The average Bonchev–Trinajstić information content (AvgIpc) is 2.67. The predicted molar refractivity (Wildman–Crippen MR) is 109 cm³/mol. The molecule has 1 aromatic rings.